The first kappa shape index (κ1) is 12.3. The molecule has 1 heterocycles. The van der Waals surface area contributed by atoms with Gasteiger partial charge in [0, 0.05) is 11.8 Å². The molecule has 0 amide bonds. The minimum absolute atomic E-state index is 0.310. The van der Waals surface area contributed by atoms with Crippen molar-refractivity contribution < 1.29 is 8.42 Å². The van der Waals surface area contributed by atoms with E-state index in [1.54, 1.807) is 24.3 Å². The summed E-state index contributed by atoms with van der Waals surface area (Å²) < 4.78 is 23.4. The minimum Gasteiger partial charge on any atom is -0.336 e. The lowest BCUT2D eigenvalue weighted by molar-refractivity contribution is 0.602. The zero-order valence-corrected chi connectivity index (χ0v) is 11.8. The maximum Gasteiger partial charge on any atom is 0.175 e. The van der Waals surface area contributed by atoms with Crippen LogP contribution in [0.25, 0.3) is 11.3 Å². The normalized spacial score (nSPS) is 11.7. The topological polar surface area (TPSA) is 62.8 Å². The van der Waals surface area contributed by atoms with Crippen LogP contribution in [0.1, 0.15) is 5.82 Å². The summed E-state index contributed by atoms with van der Waals surface area (Å²) in [4.78, 5) is 7.67. The molecule has 0 bridgehead atoms. The van der Waals surface area contributed by atoms with Gasteiger partial charge in [-0.1, -0.05) is 12.1 Å². The van der Waals surface area contributed by atoms with Gasteiger partial charge in [-0.15, -0.1) is 0 Å². The number of nitrogens with zero attached hydrogens (tertiary/aromatic N) is 1. The molecule has 0 aliphatic carbocycles. The fourth-order valence-electron chi connectivity index (χ4n) is 1.51. The van der Waals surface area contributed by atoms with Crippen LogP contribution >= 0.6 is 15.9 Å². The molecule has 1 aromatic heterocycles. The molecule has 0 unspecified atom stereocenters. The molecule has 0 atom stereocenters. The molecule has 17 heavy (non-hydrogen) atoms. The molecule has 0 aliphatic rings. The molecule has 6 heteroatoms. The molecule has 90 valence electrons. The van der Waals surface area contributed by atoms with Crippen molar-refractivity contribution in [1.82, 2.24) is 9.97 Å². The second kappa shape index (κ2) is 4.27. The van der Waals surface area contributed by atoms with Gasteiger partial charge in [-0.25, -0.2) is 13.4 Å². The number of imidazole rings is 1. The number of aromatic nitrogens is 2. The van der Waals surface area contributed by atoms with Crippen LogP contribution in [0.15, 0.2) is 33.8 Å². The number of hydrogen-bond acceptors (Lipinski definition) is 3. The van der Waals surface area contributed by atoms with E-state index in [9.17, 15) is 8.42 Å². The fraction of sp³-hybridized carbons (Fsp3) is 0.182. The maximum absolute atomic E-state index is 11.3. The van der Waals surface area contributed by atoms with Crippen LogP contribution in [-0.4, -0.2) is 24.6 Å². The minimum atomic E-state index is -3.15. The van der Waals surface area contributed by atoms with Crippen LogP contribution in [0, 0.1) is 6.92 Å². The Morgan fingerprint density at radius 3 is 2.24 bits per heavy atom. The van der Waals surface area contributed by atoms with Crippen molar-refractivity contribution in [2.24, 2.45) is 0 Å². The molecule has 0 radical (unpaired) electrons. The highest BCUT2D eigenvalue weighted by Crippen LogP contribution is 2.26. The lowest BCUT2D eigenvalue weighted by Gasteiger charge is -2.00. The fourth-order valence-corrected chi connectivity index (χ4v) is 2.75. The van der Waals surface area contributed by atoms with E-state index in [0.29, 0.717) is 4.90 Å². The number of H-pyrrole nitrogens is 1. The largest absolute Gasteiger partial charge is 0.336 e. The smallest absolute Gasteiger partial charge is 0.175 e. The summed E-state index contributed by atoms with van der Waals surface area (Å²) in [5, 5.41) is 0. The van der Waals surface area contributed by atoms with Crippen LogP contribution in [0.4, 0.5) is 0 Å². The Morgan fingerprint density at radius 2 is 1.82 bits per heavy atom. The monoisotopic (exact) mass is 314 g/mol. The quantitative estimate of drug-likeness (QED) is 0.926. The predicted octanol–water partition coefficient (Wildman–Crippen LogP) is 2.55. The zero-order chi connectivity index (χ0) is 12.6. The number of rotatable bonds is 2. The third-order valence-electron chi connectivity index (χ3n) is 2.33. The maximum atomic E-state index is 11.3. The van der Waals surface area contributed by atoms with Crippen molar-refractivity contribution >= 4 is 25.8 Å². The van der Waals surface area contributed by atoms with E-state index < -0.39 is 9.84 Å². The van der Waals surface area contributed by atoms with E-state index in [2.05, 4.69) is 25.9 Å². The van der Waals surface area contributed by atoms with Gasteiger partial charge < -0.3 is 4.98 Å². The Kier molecular flexibility index (Phi) is 3.09. The molecule has 0 aliphatic heterocycles. The first-order chi connectivity index (χ1) is 7.88. The third kappa shape index (κ3) is 2.58. The van der Waals surface area contributed by atoms with E-state index in [0.717, 1.165) is 21.7 Å². The van der Waals surface area contributed by atoms with E-state index >= 15 is 0 Å². The molecule has 1 N–H and O–H groups in total. The van der Waals surface area contributed by atoms with Crippen LogP contribution in [0.3, 0.4) is 0 Å². The highest BCUT2D eigenvalue weighted by molar-refractivity contribution is 9.10. The molecule has 0 saturated heterocycles. The molecular weight excluding hydrogens is 304 g/mol. The van der Waals surface area contributed by atoms with Crippen molar-refractivity contribution in [3.05, 3.63) is 34.7 Å². The average Bonchev–Trinajstić information content (AvgIpc) is 2.57. The summed E-state index contributed by atoms with van der Waals surface area (Å²) in [6, 6.07) is 6.66. The summed E-state index contributed by atoms with van der Waals surface area (Å²) in [5.74, 6) is 0.805. The molecule has 2 rings (SSSR count). The summed E-state index contributed by atoms with van der Waals surface area (Å²) in [6.45, 7) is 1.86. The van der Waals surface area contributed by atoms with E-state index in [4.69, 9.17) is 0 Å². The Bertz CT molecular complexity index is 645. The van der Waals surface area contributed by atoms with Crippen molar-refractivity contribution in [1.29, 1.82) is 0 Å². The van der Waals surface area contributed by atoms with Gasteiger partial charge in [0.2, 0.25) is 0 Å². The Hall–Kier alpha value is -1.14. The second-order valence-corrected chi connectivity index (χ2v) is 6.59. The van der Waals surface area contributed by atoms with Gasteiger partial charge in [0.15, 0.2) is 9.84 Å². The molecule has 0 fully saturated rings. The van der Waals surface area contributed by atoms with Gasteiger partial charge in [0.1, 0.15) is 16.1 Å². The first-order valence-electron chi connectivity index (χ1n) is 4.90. The first-order valence-corrected chi connectivity index (χ1v) is 7.59. The third-order valence-corrected chi connectivity index (χ3v) is 4.04. The Morgan fingerprint density at radius 1 is 1.24 bits per heavy atom. The van der Waals surface area contributed by atoms with Crippen LogP contribution in [-0.2, 0) is 9.84 Å². The Labute approximate surface area is 108 Å². The number of nitrogens with one attached hydrogen (secondary N) is 1. The molecule has 0 spiro atoms. The number of benzene rings is 1. The van der Waals surface area contributed by atoms with Crippen molar-refractivity contribution in [3.63, 3.8) is 0 Å². The second-order valence-electron chi connectivity index (χ2n) is 3.78. The molecule has 4 nitrogen and oxygen atoms in total. The van der Waals surface area contributed by atoms with Gasteiger partial charge >= 0.3 is 0 Å². The van der Waals surface area contributed by atoms with Gasteiger partial charge in [0.05, 0.1) is 4.90 Å². The van der Waals surface area contributed by atoms with Crippen LogP contribution in [0.5, 0.6) is 0 Å². The zero-order valence-electron chi connectivity index (χ0n) is 9.36. The van der Waals surface area contributed by atoms with Gasteiger partial charge in [0.25, 0.3) is 0 Å². The van der Waals surface area contributed by atoms with Crippen LogP contribution in [0.2, 0.25) is 0 Å². The lowest BCUT2D eigenvalue weighted by Crippen LogP contribution is -1.96. The van der Waals surface area contributed by atoms with Gasteiger partial charge in [-0.05, 0) is 35.0 Å². The van der Waals surface area contributed by atoms with Crippen molar-refractivity contribution in [2.75, 3.05) is 6.26 Å². The summed E-state index contributed by atoms with van der Waals surface area (Å²) in [6.07, 6.45) is 1.19. The van der Waals surface area contributed by atoms with Gasteiger partial charge in [-0.3, -0.25) is 0 Å². The number of sulfone groups is 1. The highest BCUT2D eigenvalue weighted by Gasteiger charge is 2.10. The standard InChI is InChI=1S/C11H11BrN2O2S/c1-7-13-10(11(12)14-7)8-3-5-9(6-4-8)17(2,15)16/h3-6H,1-2H3,(H,13,14). The predicted molar refractivity (Wildman–Crippen MR) is 69.6 cm³/mol. The van der Waals surface area contributed by atoms with Crippen molar-refractivity contribution in [3.8, 4) is 11.3 Å². The van der Waals surface area contributed by atoms with Crippen molar-refractivity contribution in [2.45, 2.75) is 11.8 Å². The molecule has 2 aromatic rings. The molecule has 1 aromatic carbocycles. The average molecular weight is 315 g/mol. The van der Waals surface area contributed by atoms with Crippen LogP contribution < -0.4 is 0 Å². The SMILES string of the molecule is Cc1nc(-c2ccc(S(C)(=O)=O)cc2)c(Br)[nH]1. The summed E-state index contributed by atoms with van der Waals surface area (Å²) in [7, 11) is -3.15. The number of hydrogen-bond donors (Lipinski definition) is 1. The summed E-state index contributed by atoms with van der Waals surface area (Å²) in [5.41, 5.74) is 1.65. The van der Waals surface area contributed by atoms with E-state index in [-0.39, 0.29) is 0 Å². The number of aryl methyl sites for hydroxylation is 1. The molecular formula is C11H11BrN2O2S. The van der Waals surface area contributed by atoms with E-state index in [1.807, 2.05) is 6.92 Å². The van der Waals surface area contributed by atoms with E-state index in [1.165, 1.54) is 6.26 Å². The number of halogens is 1. The summed E-state index contributed by atoms with van der Waals surface area (Å²) >= 11 is 3.38. The highest BCUT2D eigenvalue weighted by atomic mass is 79.9. The van der Waals surface area contributed by atoms with Gasteiger partial charge in [-0.2, -0.15) is 0 Å². The number of aromatic amines is 1. The molecule has 0 saturated carbocycles. The Balaban J connectivity index is 2.46. The lowest BCUT2D eigenvalue weighted by atomic mass is 10.2.